The van der Waals surface area contributed by atoms with Gasteiger partial charge < -0.3 is 24.9 Å². The van der Waals surface area contributed by atoms with Gasteiger partial charge in [0.05, 0.1) is 5.70 Å². The third-order valence-corrected chi connectivity index (χ3v) is 3.79. The molecule has 24 heavy (non-hydrogen) atoms. The standard InChI is InChI=1S/C12H13N3O2.C3H4O4/c16-9-7-8(13-1-2-13)12(17)11(15-5-6-15)10(9)14-3-4-14;4-2(5)1-3(6)7/h7H,1-6H2;1H2,(H,4,5)(H,6,7). The van der Waals surface area contributed by atoms with Crippen LogP contribution >= 0.6 is 0 Å². The van der Waals surface area contributed by atoms with Crippen LogP contribution in [0.4, 0.5) is 0 Å². The molecule has 3 saturated heterocycles. The molecule has 2 N–H and O–H groups in total. The normalized spacial score (nSPS) is 21.2. The Morgan fingerprint density at radius 3 is 1.67 bits per heavy atom. The molecule has 9 nitrogen and oxygen atoms in total. The van der Waals surface area contributed by atoms with Crippen LogP contribution in [-0.2, 0) is 19.2 Å². The van der Waals surface area contributed by atoms with Crippen LogP contribution in [0.1, 0.15) is 6.42 Å². The first kappa shape index (κ1) is 16.0. The Kier molecular flexibility index (Phi) is 4.00. The number of ketones is 2. The third-order valence-electron chi connectivity index (χ3n) is 3.79. The van der Waals surface area contributed by atoms with Gasteiger partial charge in [0.15, 0.2) is 0 Å². The molecule has 0 spiro atoms. The van der Waals surface area contributed by atoms with Gasteiger partial charge in [-0.25, -0.2) is 0 Å². The van der Waals surface area contributed by atoms with Crippen LogP contribution in [0.15, 0.2) is 23.2 Å². The second-order valence-electron chi connectivity index (χ2n) is 5.85. The fourth-order valence-electron chi connectivity index (χ4n) is 2.40. The molecule has 128 valence electrons. The molecule has 0 aromatic heterocycles. The van der Waals surface area contributed by atoms with Crippen LogP contribution < -0.4 is 0 Å². The molecule has 0 atom stereocenters. The summed E-state index contributed by atoms with van der Waals surface area (Å²) in [5.41, 5.74) is 1.89. The second kappa shape index (κ2) is 5.99. The van der Waals surface area contributed by atoms with Gasteiger partial charge in [-0.2, -0.15) is 0 Å². The zero-order chi connectivity index (χ0) is 17.4. The number of rotatable bonds is 5. The Bertz CT molecular complexity index is 671. The minimum atomic E-state index is -1.31. The number of allylic oxidation sites excluding steroid dienone is 1. The Balaban J connectivity index is 0.000000209. The van der Waals surface area contributed by atoms with E-state index >= 15 is 0 Å². The lowest BCUT2D eigenvalue weighted by Gasteiger charge is -2.21. The number of carboxylic acids is 2. The molecule has 0 bridgehead atoms. The number of carbonyl (C=O) groups is 4. The monoisotopic (exact) mass is 335 g/mol. The number of Topliss-reactive ketones (excluding diaryl/α,β-unsaturated/α-hetero) is 1. The summed E-state index contributed by atoms with van der Waals surface area (Å²) in [6.07, 6.45) is 0.718. The maximum absolute atomic E-state index is 12.4. The summed E-state index contributed by atoms with van der Waals surface area (Å²) in [5, 5.41) is 15.4. The highest BCUT2D eigenvalue weighted by Gasteiger charge is 2.43. The van der Waals surface area contributed by atoms with E-state index in [1.165, 1.54) is 6.08 Å². The van der Waals surface area contributed by atoms with E-state index in [-0.39, 0.29) is 11.6 Å². The van der Waals surface area contributed by atoms with Crippen LogP contribution in [0.3, 0.4) is 0 Å². The predicted molar refractivity (Wildman–Crippen MR) is 79.7 cm³/mol. The quantitative estimate of drug-likeness (QED) is 0.360. The topological polar surface area (TPSA) is 118 Å². The summed E-state index contributed by atoms with van der Waals surface area (Å²) in [6.45, 7) is 5.41. The highest BCUT2D eigenvalue weighted by Crippen LogP contribution is 2.33. The van der Waals surface area contributed by atoms with Crippen LogP contribution in [0.5, 0.6) is 0 Å². The van der Waals surface area contributed by atoms with E-state index in [4.69, 9.17) is 10.2 Å². The van der Waals surface area contributed by atoms with Gasteiger partial charge in [0.2, 0.25) is 11.6 Å². The van der Waals surface area contributed by atoms with Crippen molar-refractivity contribution in [3.8, 4) is 0 Å². The lowest BCUT2D eigenvalue weighted by molar-refractivity contribution is -0.147. The van der Waals surface area contributed by atoms with Crippen molar-refractivity contribution < 1.29 is 29.4 Å². The molecule has 0 aromatic carbocycles. The largest absolute Gasteiger partial charge is 0.481 e. The van der Waals surface area contributed by atoms with Gasteiger partial charge >= 0.3 is 11.9 Å². The molecule has 0 aromatic rings. The van der Waals surface area contributed by atoms with Gasteiger partial charge in [-0.05, 0) is 0 Å². The molecule has 3 fully saturated rings. The van der Waals surface area contributed by atoms with Crippen molar-refractivity contribution >= 4 is 23.5 Å². The van der Waals surface area contributed by atoms with Crippen molar-refractivity contribution in [3.05, 3.63) is 23.2 Å². The van der Waals surface area contributed by atoms with Gasteiger partial charge in [0.25, 0.3) is 0 Å². The summed E-state index contributed by atoms with van der Waals surface area (Å²) >= 11 is 0. The lowest BCUT2D eigenvalue weighted by atomic mass is 10.0. The number of carboxylic acid groups (broad SMARTS) is 2. The molecule has 3 heterocycles. The first-order valence-corrected chi connectivity index (χ1v) is 7.62. The number of hydrogen-bond donors (Lipinski definition) is 2. The summed E-state index contributed by atoms with van der Waals surface area (Å²) in [5.74, 6) is -2.58. The van der Waals surface area contributed by atoms with Crippen molar-refractivity contribution in [1.82, 2.24) is 14.7 Å². The average molecular weight is 335 g/mol. The Morgan fingerprint density at radius 2 is 1.29 bits per heavy atom. The van der Waals surface area contributed by atoms with E-state index in [1.807, 2.05) is 14.7 Å². The Morgan fingerprint density at radius 1 is 0.833 bits per heavy atom. The third kappa shape index (κ3) is 3.55. The second-order valence-corrected chi connectivity index (χ2v) is 5.85. The van der Waals surface area contributed by atoms with Gasteiger partial charge in [0, 0.05) is 45.3 Å². The molecule has 3 aliphatic heterocycles. The van der Waals surface area contributed by atoms with Gasteiger partial charge in [-0.1, -0.05) is 0 Å². The Labute approximate surface area is 137 Å². The minimum Gasteiger partial charge on any atom is -0.481 e. The SMILES string of the molecule is O=C(O)CC(=O)O.O=C1C=C(N2CC2)C(=O)C(N2CC2)=C1N1CC1. The molecular weight excluding hydrogens is 318 g/mol. The lowest BCUT2D eigenvalue weighted by Crippen LogP contribution is -2.29. The highest BCUT2D eigenvalue weighted by atomic mass is 16.4. The fourth-order valence-corrected chi connectivity index (χ4v) is 2.40. The van der Waals surface area contributed by atoms with Crippen LogP contribution in [0.25, 0.3) is 0 Å². The van der Waals surface area contributed by atoms with E-state index in [2.05, 4.69) is 0 Å². The van der Waals surface area contributed by atoms with Crippen LogP contribution in [0, 0.1) is 0 Å². The number of aliphatic carboxylic acids is 2. The van der Waals surface area contributed by atoms with Crippen LogP contribution in [0.2, 0.25) is 0 Å². The molecule has 4 rings (SSSR count). The van der Waals surface area contributed by atoms with E-state index in [1.54, 1.807) is 0 Å². The molecule has 0 amide bonds. The summed E-state index contributed by atoms with van der Waals surface area (Å²) in [6, 6.07) is 0. The first-order valence-electron chi connectivity index (χ1n) is 7.62. The summed E-state index contributed by atoms with van der Waals surface area (Å²) in [4.78, 5) is 49.3. The van der Waals surface area contributed by atoms with E-state index in [9.17, 15) is 19.2 Å². The average Bonchev–Trinajstić information content (AvgIpc) is 3.36. The van der Waals surface area contributed by atoms with Gasteiger partial charge in [-0.15, -0.1) is 0 Å². The van der Waals surface area contributed by atoms with E-state index < -0.39 is 18.4 Å². The van der Waals surface area contributed by atoms with Crippen molar-refractivity contribution in [2.24, 2.45) is 0 Å². The maximum atomic E-state index is 12.4. The fraction of sp³-hybridized carbons (Fsp3) is 0.467. The number of nitrogens with zero attached hydrogens (tertiary/aromatic N) is 3. The molecule has 1 aliphatic carbocycles. The molecule has 4 aliphatic rings. The minimum absolute atomic E-state index is 0.00546. The molecule has 9 heteroatoms. The zero-order valence-corrected chi connectivity index (χ0v) is 12.9. The van der Waals surface area contributed by atoms with Gasteiger partial charge in [-0.3, -0.25) is 19.2 Å². The molecular formula is C15H17N3O6. The predicted octanol–water partition coefficient (Wildman–Crippen LogP) is -1.27. The van der Waals surface area contributed by atoms with Crippen molar-refractivity contribution in [3.63, 3.8) is 0 Å². The van der Waals surface area contributed by atoms with E-state index in [0.29, 0.717) is 17.1 Å². The van der Waals surface area contributed by atoms with Crippen molar-refractivity contribution in [2.75, 3.05) is 39.3 Å². The first-order chi connectivity index (χ1) is 11.4. The number of hydrogen-bond acceptors (Lipinski definition) is 7. The van der Waals surface area contributed by atoms with Crippen LogP contribution in [-0.4, -0.2) is 87.7 Å². The zero-order valence-electron chi connectivity index (χ0n) is 12.9. The van der Waals surface area contributed by atoms with E-state index in [0.717, 1.165) is 39.3 Å². The maximum Gasteiger partial charge on any atom is 0.314 e. The highest BCUT2D eigenvalue weighted by molar-refractivity contribution is 6.22. The summed E-state index contributed by atoms with van der Waals surface area (Å²) < 4.78 is 0. The van der Waals surface area contributed by atoms with Crippen molar-refractivity contribution in [2.45, 2.75) is 6.42 Å². The summed E-state index contributed by atoms with van der Waals surface area (Å²) in [7, 11) is 0. The molecule has 0 saturated carbocycles. The Hall–Kier alpha value is -2.84. The van der Waals surface area contributed by atoms with Gasteiger partial charge in [0.1, 0.15) is 17.8 Å². The molecule has 0 radical (unpaired) electrons. The smallest absolute Gasteiger partial charge is 0.314 e. The van der Waals surface area contributed by atoms with Crippen molar-refractivity contribution in [1.29, 1.82) is 0 Å². The number of carbonyl (C=O) groups excluding carboxylic acids is 2. The molecule has 0 unspecified atom stereocenters.